The average Bonchev–Trinajstić information content (AvgIpc) is 2.92. The molecule has 1 aliphatic heterocycles. The van der Waals surface area contributed by atoms with Crippen LogP contribution in [0.15, 0.2) is 12.1 Å². The second kappa shape index (κ2) is 7.65. The minimum Gasteiger partial charge on any atom is -0.493 e. The summed E-state index contributed by atoms with van der Waals surface area (Å²) < 4.78 is 11.6. The van der Waals surface area contributed by atoms with Gasteiger partial charge in [0.15, 0.2) is 0 Å². The molecule has 1 heterocycles. The molecule has 1 aromatic rings. The highest BCUT2D eigenvalue weighted by atomic mass is 16.5. The van der Waals surface area contributed by atoms with Crippen molar-refractivity contribution in [2.45, 2.75) is 52.7 Å². The van der Waals surface area contributed by atoms with Gasteiger partial charge in [0.1, 0.15) is 5.75 Å². The van der Waals surface area contributed by atoms with Crippen LogP contribution in [0.4, 0.5) is 0 Å². The van der Waals surface area contributed by atoms with Crippen LogP contribution in [0.5, 0.6) is 5.75 Å². The van der Waals surface area contributed by atoms with Crippen LogP contribution in [-0.4, -0.2) is 25.9 Å². The molecule has 0 aliphatic carbocycles. The molecule has 1 unspecified atom stereocenters. The molecule has 2 rings (SSSR count). The van der Waals surface area contributed by atoms with E-state index in [2.05, 4.69) is 38.2 Å². The smallest absolute Gasteiger partial charge is 0.125 e. The van der Waals surface area contributed by atoms with Gasteiger partial charge in [-0.3, -0.25) is 0 Å². The van der Waals surface area contributed by atoms with Gasteiger partial charge in [0.05, 0.1) is 12.7 Å². The first-order chi connectivity index (χ1) is 9.70. The van der Waals surface area contributed by atoms with Crippen molar-refractivity contribution in [1.82, 2.24) is 5.32 Å². The zero-order valence-corrected chi connectivity index (χ0v) is 13.0. The Labute approximate surface area is 122 Å². The molecule has 0 spiro atoms. The Balaban J connectivity index is 1.89. The number of aryl methyl sites for hydroxylation is 2. The molecule has 3 heteroatoms. The van der Waals surface area contributed by atoms with Gasteiger partial charge in [-0.15, -0.1) is 0 Å². The molecule has 0 aromatic heterocycles. The summed E-state index contributed by atoms with van der Waals surface area (Å²) in [6.07, 6.45) is 3.78. The van der Waals surface area contributed by atoms with Crippen molar-refractivity contribution in [3.8, 4) is 5.75 Å². The fraction of sp³-hybridized carbons (Fsp3) is 0.647. The molecule has 0 saturated carbocycles. The van der Waals surface area contributed by atoms with E-state index in [1.54, 1.807) is 0 Å². The van der Waals surface area contributed by atoms with E-state index < -0.39 is 0 Å². The second-order valence-electron chi connectivity index (χ2n) is 5.61. The summed E-state index contributed by atoms with van der Waals surface area (Å²) in [5.74, 6) is 1.04. The number of benzene rings is 1. The Kier molecular flexibility index (Phi) is 5.86. The minimum atomic E-state index is 0.406. The quantitative estimate of drug-likeness (QED) is 0.829. The van der Waals surface area contributed by atoms with Crippen LogP contribution < -0.4 is 10.1 Å². The van der Waals surface area contributed by atoms with Crippen LogP contribution in [0.25, 0.3) is 0 Å². The van der Waals surface area contributed by atoms with Gasteiger partial charge in [-0.05, 0) is 49.9 Å². The molecule has 112 valence electrons. The van der Waals surface area contributed by atoms with Gasteiger partial charge in [-0.25, -0.2) is 0 Å². The fourth-order valence-electron chi connectivity index (χ4n) is 2.80. The molecule has 1 atom stereocenters. The Morgan fingerprint density at radius 3 is 2.65 bits per heavy atom. The highest BCUT2D eigenvalue weighted by molar-refractivity contribution is 5.43. The lowest BCUT2D eigenvalue weighted by atomic mass is 10.1. The number of rotatable bonds is 7. The third-order valence-electron chi connectivity index (χ3n) is 3.81. The first kappa shape index (κ1) is 15.3. The van der Waals surface area contributed by atoms with Gasteiger partial charge >= 0.3 is 0 Å². The van der Waals surface area contributed by atoms with Crippen molar-refractivity contribution < 1.29 is 9.47 Å². The molecule has 3 nitrogen and oxygen atoms in total. The van der Waals surface area contributed by atoms with Crippen LogP contribution >= 0.6 is 0 Å². The Morgan fingerprint density at radius 2 is 2.05 bits per heavy atom. The van der Waals surface area contributed by atoms with Crippen LogP contribution in [0.2, 0.25) is 0 Å². The fourth-order valence-corrected chi connectivity index (χ4v) is 2.80. The molecular formula is C17H27NO2. The van der Waals surface area contributed by atoms with Crippen molar-refractivity contribution in [2.24, 2.45) is 0 Å². The van der Waals surface area contributed by atoms with E-state index in [0.717, 1.165) is 38.5 Å². The van der Waals surface area contributed by atoms with Crippen LogP contribution in [0.1, 0.15) is 42.9 Å². The summed E-state index contributed by atoms with van der Waals surface area (Å²) in [5, 5.41) is 3.36. The Hall–Kier alpha value is -1.06. The Morgan fingerprint density at radius 1 is 1.30 bits per heavy atom. The molecule has 0 bridgehead atoms. The third kappa shape index (κ3) is 4.22. The van der Waals surface area contributed by atoms with Crippen LogP contribution in [0, 0.1) is 13.8 Å². The molecule has 1 N–H and O–H groups in total. The minimum absolute atomic E-state index is 0.406. The standard InChI is InChI=1S/C17H27NO2/c1-4-18-12-15-10-13(2)17(14(3)11-15)20-9-7-16-6-5-8-19-16/h10-11,16,18H,4-9,12H2,1-3H3. The third-order valence-corrected chi connectivity index (χ3v) is 3.81. The van der Waals surface area contributed by atoms with Crippen LogP contribution in [-0.2, 0) is 11.3 Å². The predicted molar refractivity (Wildman–Crippen MR) is 82.4 cm³/mol. The van der Waals surface area contributed by atoms with Crippen molar-refractivity contribution in [3.05, 3.63) is 28.8 Å². The molecule has 1 fully saturated rings. The van der Waals surface area contributed by atoms with Gasteiger partial charge in [0.25, 0.3) is 0 Å². The molecule has 1 aromatic carbocycles. The molecule has 1 aliphatic rings. The molecular weight excluding hydrogens is 250 g/mol. The van der Waals surface area contributed by atoms with Gasteiger partial charge in [-0.2, -0.15) is 0 Å². The molecule has 0 amide bonds. The van der Waals surface area contributed by atoms with Crippen molar-refractivity contribution in [2.75, 3.05) is 19.8 Å². The molecule has 1 saturated heterocycles. The maximum absolute atomic E-state index is 5.99. The molecule has 20 heavy (non-hydrogen) atoms. The van der Waals surface area contributed by atoms with E-state index in [1.165, 1.54) is 29.5 Å². The van der Waals surface area contributed by atoms with Gasteiger partial charge in [0.2, 0.25) is 0 Å². The summed E-state index contributed by atoms with van der Waals surface area (Å²) in [7, 11) is 0. The number of hydrogen-bond donors (Lipinski definition) is 1. The van der Waals surface area contributed by atoms with E-state index >= 15 is 0 Å². The first-order valence-electron chi connectivity index (χ1n) is 7.76. The highest BCUT2D eigenvalue weighted by Gasteiger charge is 2.15. The second-order valence-corrected chi connectivity index (χ2v) is 5.61. The van der Waals surface area contributed by atoms with E-state index in [-0.39, 0.29) is 0 Å². The maximum atomic E-state index is 5.99. The first-order valence-corrected chi connectivity index (χ1v) is 7.76. The van der Waals surface area contributed by atoms with Crippen molar-refractivity contribution >= 4 is 0 Å². The lowest BCUT2D eigenvalue weighted by molar-refractivity contribution is 0.0901. The zero-order valence-electron chi connectivity index (χ0n) is 13.0. The lowest BCUT2D eigenvalue weighted by Gasteiger charge is -2.16. The average molecular weight is 277 g/mol. The summed E-state index contributed by atoms with van der Waals surface area (Å²) in [4.78, 5) is 0. The number of ether oxygens (including phenoxy) is 2. The maximum Gasteiger partial charge on any atom is 0.125 e. The normalized spacial score (nSPS) is 18.4. The van der Waals surface area contributed by atoms with Crippen LogP contribution in [0.3, 0.4) is 0 Å². The lowest BCUT2D eigenvalue weighted by Crippen LogP contribution is -2.13. The highest BCUT2D eigenvalue weighted by Crippen LogP contribution is 2.25. The number of nitrogens with one attached hydrogen (secondary N) is 1. The van der Waals surface area contributed by atoms with E-state index in [9.17, 15) is 0 Å². The van der Waals surface area contributed by atoms with Crippen molar-refractivity contribution in [1.29, 1.82) is 0 Å². The van der Waals surface area contributed by atoms with Gasteiger partial charge in [0, 0.05) is 19.6 Å². The largest absolute Gasteiger partial charge is 0.493 e. The van der Waals surface area contributed by atoms with E-state index in [1.807, 2.05) is 0 Å². The zero-order chi connectivity index (χ0) is 14.4. The molecule has 0 radical (unpaired) electrons. The SMILES string of the molecule is CCNCc1cc(C)c(OCCC2CCCO2)c(C)c1. The summed E-state index contributed by atoms with van der Waals surface area (Å²) in [5.41, 5.74) is 3.78. The monoisotopic (exact) mass is 277 g/mol. The van der Waals surface area contributed by atoms with Gasteiger partial charge in [-0.1, -0.05) is 19.1 Å². The predicted octanol–water partition coefficient (Wildman–Crippen LogP) is 3.36. The van der Waals surface area contributed by atoms with E-state index in [4.69, 9.17) is 9.47 Å². The van der Waals surface area contributed by atoms with Crippen molar-refractivity contribution in [3.63, 3.8) is 0 Å². The summed E-state index contributed by atoms with van der Waals surface area (Å²) >= 11 is 0. The Bertz CT molecular complexity index is 402. The summed E-state index contributed by atoms with van der Waals surface area (Å²) in [6.45, 7) is 9.98. The van der Waals surface area contributed by atoms with E-state index in [0.29, 0.717) is 6.10 Å². The number of hydrogen-bond acceptors (Lipinski definition) is 3. The summed E-state index contributed by atoms with van der Waals surface area (Å²) in [6, 6.07) is 4.44. The topological polar surface area (TPSA) is 30.5 Å². The van der Waals surface area contributed by atoms with Gasteiger partial charge < -0.3 is 14.8 Å².